The summed E-state index contributed by atoms with van der Waals surface area (Å²) in [5, 5.41) is 11.4. The van der Waals surface area contributed by atoms with Crippen molar-refractivity contribution in [3.05, 3.63) is 81.6 Å². The van der Waals surface area contributed by atoms with Crippen LogP contribution in [0.5, 0.6) is 5.75 Å². The van der Waals surface area contributed by atoms with Gasteiger partial charge in [-0.25, -0.2) is 14.2 Å². The zero-order valence-corrected chi connectivity index (χ0v) is 23.6. The number of benzene rings is 2. The molecule has 2 heterocycles. The van der Waals surface area contributed by atoms with E-state index in [9.17, 15) is 23.9 Å². The Kier molecular flexibility index (Phi) is 8.99. The molecule has 1 aliphatic rings. The third-order valence-electron chi connectivity index (χ3n) is 6.23. The van der Waals surface area contributed by atoms with E-state index < -0.39 is 35.3 Å². The summed E-state index contributed by atoms with van der Waals surface area (Å²) in [5.74, 6) is -2.76. The summed E-state index contributed by atoms with van der Waals surface area (Å²) >= 11 is 0.899. The largest absolute Gasteiger partial charge is 0.507 e. The Bertz CT molecular complexity index is 1450. The number of rotatable bonds is 10. The number of aliphatic hydroxyl groups excluding tert-OH is 1. The monoisotopic (exact) mass is 566 g/mol. The molecular formula is C30H31FN2O6S. The van der Waals surface area contributed by atoms with Crippen molar-refractivity contribution in [2.24, 2.45) is 5.92 Å². The molecule has 1 atom stereocenters. The van der Waals surface area contributed by atoms with Crippen LogP contribution in [0.3, 0.4) is 0 Å². The van der Waals surface area contributed by atoms with Gasteiger partial charge in [0.1, 0.15) is 22.2 Å². The molecule has 1 amide bonds. The number of unbranched alkanes of at least 4 members (excludes halogenated alkanes) is 1. The number of aliphatic hydroxyl groups is 1. The van der Waals surface area contributed by atoms with E-state index in [4.69, 9.17) is 9.47 Å². The molecule has 0 bridgehead atoms. The van der Waals surface area contributed by atoms with Crippen molar-refractivity contribution in [2.45, 2.75) is 46.6 Å². The molecule has 0 radical (unpaired) electrons. The summed E-state index contributed by atoms with van der Waals surface area (Å²) in [6, 6.07) is 10.8. The summed E-state index contributed by atoms with van der Waals surface area (Å²) in [7, 11) is 0. The maximum Gasteiger partial charge on any atom is 0.350 e. The maximum absolute atomic E-state index is 14.3. The van der Waals surface area contributed by atoms with Crippen LogP contribution in [0.4, 0.5) is 9.52 Å². The molecule has 1 fully saturated rings. The molecule has 1 aromatic heterocycles. The minimum atomic E-state index is -1.18. The molecule has 10 heteroatoms. The molecule has 0 spiro atoms. The number of aryl methyl sites for hydroxylation is 1. The molecule has 0 aliphatic carbocycles. The fourth-order valence-electron chi connectivity index (χ4n) is 4.20. The number of anilines is 1. The molecule has 0 unspecified atom stereocenters. The predicted molar refractivity (Wildman–Crippen MR) is 150 cm³/mol. The number of ether oxygens (including phenoxy) is 2. The lowest BCUT2D eigenvalue weighted by molar-refractivity contribution is -0.132. The minimum Gasteiger partial charge on any atom is -0.507 e. The van der Waals surface area contributed by atoms with Gasteiger partial charge in [-0.3, -0.25) is 14.5 Å². The number of nitrogens with zero attached hydrogens (tertiary/aromatic N) is 2. The summed E-state index contributed by atoms with van der Waals surface area (Å²) in [6.07, 6.45) is 1.88. The number of ketones is 1. The second-order valence-electron chi connectivity index (χ2n) is 9.85. The van der Waals surface area contributed by atoms with Crippen LogP contribution in [-0.2, 0) is 14.3 Å². The lowest BCUT2D eigenvalue weighted by Gasteiger charge is -2.23. The summed E-state index contributed by atoms with van der Waals surface area (Å²) in [4.78, 5) is 45.1. The number of halogens is 1. The number of hydrogen-bond acceptors (Lipinski definition) is 8. The standard InChI is InChI=1S/C30H31FN2O6S/c1-5-6-14-38-22-12-10-19(11-13-22)25(34)23-24(20-8-7-9-21(31)15-20)33(28(36)26(23)35)30-32-18(4)27(40-30)29(37)39-16-17(2)3/h7-13,15,17,24,34H,5-6,14,16H2,1-4H3/t24-/m1/s1. The van der Waals surface area contributed by atoms with Crippen molar-refractivity contribution < 1.29 is 33.4 Å². The zero-order chi connectivity index (χ0) is 29.0. The van der Waals surface area contributed by atoms with Crippen LogP contribution in [0.25, 0.3) is 5.76 Å². The van der Waals surface area contributed by atoms with Gasteiger partial charge in [0.2, 0.25) is 0 Å². The number of amides is 1. The van der Waals surface area contributed by atoms with Gasteiger partial charge in [0, 0.05) is 5.56 Å². The zero-order valence-electron chi connectivity index (χ0n) is 22.8. The number of carbonyl (C=O) groups is 3. The summed E-state index contributed by atoms with van der Waals surface area (Å²) < 4.78 is 25.3. The van der Waals surface area contributed by atoms with Crippen LogP contribution >= 0.6 is 11.3 Å². The number of hydrogen-bond donors (Lipinski definition) is 1. The van der Waals surface area contributed by atoms with Crippen molar-refractivity contribution >= 4 is 39.9 Å². The minimum absolute atomic E-state index is 0.0593. The fourth-order valence-corrected chi connectivity index (χ4v) is 5.19. The van der Waals surface area contributed by atoms with Crippen molar-refractivity contribution in [3.63, 3.8) is 0 Å². The Morgan fingerprint density at radius 3 is 2.55 bits per heavy atom. The lowest BCUT2D eigenvalue weighted by atomic mass is 9.95. The first-order valence-electron chi connectivity index (χ1n) is 13.1. The summed E-state index contributed by atoms with van der Waals surface area (Å²) in [6.45, 7) is 8.23. The van der Waals surface area contributed by atoms with Crippen LogP contribution in [0, 0.1) is 18.7 Å². The highest BCUT2D eigenvalue weighted by Gasteiger charge is 2.48. The molecular weight excluding hydrogens is 535 g/mol. The van der Waals surface area contributed by atoms with E-state index in [0.29, 0.717) is 18.1 Å². The number of carbonyl (C=O) groups excluding carboxylic acids is 3. The Morgan fingerprint density at radius 1 is 1.18 bits per heavy atom. The highest BCUT2D eigenvalue weighted by Crippen LogP contribution is 2.44. The average Bonchev–Trinajstić information content (AvgIpc) is 3.44. The van der Waals surface area contributed by atoms with E-state index >= 15 is 0 Å². The van der Waals surface area contributed by atoms with Gasteiger partial charge in [-0.1, -0.05) is 50.7 Å². The van der Waals surface area contributed by atoms with Gasteiger partial charge in [0.15, 0.2) is 5.13 Å². The molecule has 0 saturated carbocycles. The van der Waals surface area contributed by atoms with E-state index in [1.54, 1.807) is 37.3 Å². The van der Waals surface area contributed by atoms with Crippen LogP contribution in [0.1, 0.15) is 66.1 Å². The van der Waals surface area contributed by atoms with E-state index in [2.05, 4.69) is 11.9 Å². The van der Waals surface area contributed by atoms with Crippen molar-refractivity contribution in [1.82, 2.24) is 4.98 Å². The molecule has 1 saturated heterocycles. The molecule has 2 aromatic carbocycles. The third-order valence-corrected chi connectivity index (χ3v) is 7.36. The number of thiazole rings is 1. The first-order chi connectivity index (χ1) is 19.1. The van der Waals surface area contributed by atoms with Gasteiger partial charge >= 0.3 is 11.9 Å². The first-order valence-corrected chi connectivity index (χ1v) is 13.9. The van der Waals surface area contributed by atoms with Crippen LogP contribution < -0.4 is 9.64 Å². The van der Waals surface area contributed by atoms with Crippen molar-refractivity contribution in [1.29, 1.82) is 0 Å². The molecule has 4 rings (SSSR count). The third kappa shape index (κ3) is 6.07. The lowest BCUT2D eigenvalue weighted by Crippen LogP contribution is -2.29. The van der Waals surface area contributed by atoms with Gasteiger partial charge in [0.05, 0.1) is 30.5 Å². The van der Waals surface area contributed by atoms with Gasteiger partial charge in [-0.15, -0.1) is 0 Å². The van der Waals surface area contributed by atoms with E-state index in [1.807, 2.05) is 13.8 Å². The van der Waals surface area contributed by atoms with Gasteiger partial charge in [-0.2, -0.15) is 0 Å². The molecule has 40 heavy (non-hydrogen) atoms. The SMILES string of the molecule is CCCCOc1ccc(C(O)=C2C(=O)C(=O)N(c3nc(C)c(C(=O)OCC(C)C)s3)[C@@H]2c2cccc(F)c2)cc1. The van der Waals surface area contributed by atoms with Gasteiger partial charge in [-0.05, 0) is 61.2 Å². The fraction of sp³-hybridized carbons (Fsp3) is 0.333. The highest BCUT2D eigenvalue weighted by molar-refractivity contribution is 7.17. The number of Topliss-reactive ketones (excluding diaryl/α,β-unsaturated/α-hetero) is 1. The number of esters is 1. The van der Waals surface area contributed by atoms with Crippen molar-refractivity contribution in [2.75, 3.05) is 18.1 Å². The molecule has 210 valence electrons. The summed E-state index contributed by atoms with van der Waals surface area (Å²) in [5.41, 5.74) is 0.659. The quantitative estimate of drug-likeness (QED) is 0.102. The molecule has 1 N–H and O–H groups in total. The maximum atomic E-state index is 14.3. The van der Waals surface area contributed by atoms with Crippen LogP contribution in [-0.4, -0.2) is 41.0 Å². The second-order valence-corrected chi connectivity index (χ2v) is 10.8. The number of aromatic nitrogens is 1. The molecule has 3 aromatic rings. The van der Waals surface area contributed by atoms with Gasteiger partial charge < -0.3 is 14.6 Å². The highest BCUT2D eigenvalue weighted by atomic mass is 32.1. The van der Waals surface area contributed by atoms with E-state index in [-0.39, 0.29) is 39.2 Å². The Labute approximate surface area is 236 Å². The van der Waals surface area contributed by atoms with Gasteiger partial charge in [0.25, 0.3) is 5.78 Å². The molecule has 8 nitrogen and oxygen atoms in total. The normalized spacial score (nSPS) is 16.6. The predicted octanol–water partition coefficient (Wildman–Crippen LogP) is 6.21. The Hall–Kier alpha value is -4.05. The van der Waals surface area contributed by atoms with Crippen LogP contribution in [0.2, 0.25) is 0 Å². The topological polar surface area (TPSA) is 106 Å². The van der Waals surface area contributed by atoms with Crippen LogP contribution in [0.15, 0.2) is 54.1 Å². The Morgan fingerprint density at radius 2 is 1.90 bits per heavy atom. The van der Waals surface area contributed by atoms with E-state index in [0.717, 1.165) is 29.1 Å². The van der Waals surface area contributed by atoms with Crippen molar-refractivity contribution in [3.8, 4) is 5.75 Å². The first kappa shape index (κ1) is 28.9. The average molecular weight is 567 g/mol. The van der Waals surface area contributed by atoms with E-state index in [1.165, 1.54) is 18.2 Å². The molecule has 1 aliphatic heterocycles. The Balaban J connectivity index is 1.78. The second kappa shape index (κ2) is 12.4. The smallest absolute Gasteiger partial charge is 0.350 e.